The molecule has 1 fully saturated rings. The highest BCUT2D eigenvalue weighted by molar-refractivity contribution is 5.95. The Bertz CT molecular complexity index is 1290. The zero-order chi connectivity index (χ0) is 25.1. The first-order chi connectivity index (χ1) is 17.5. The molecule has 186 valence electrons. The predicted octanol–water partition coefficient (Wildman–Crippen LogP) is 3.02. The van der Waals surface area contributed by atoms with Gasteiger partial charge in [0.2, 0.25) is 0 Å². The van der Waals surface area contributed by atoms with E-state index in [0.717, 1.165) is 34.2 Å². The van der Waals surface area contributed by atoms with Crippen LogP contribution in [-0.2, 0) is 24.1 Å². The van der Waals surface area contributed by atoms with Gasteiger partial charge in [0.1, 0.15) is 17.4 Å². The molecule has 0 atom stereocenters. The molecule has 0 aliphatic carbocycles. The molecule has 0 bridgehead atoms. The maximum atomic E-state index is 13.3. The summed E-state index contributed by atoms with van der Waals surface area (Å²) in [5.74, 6) is 2.10. The molecule has 1 amide bonds. The van der Waals surface area contributed by atoms with Gasteiger partial charge in [0.15, 0.2) is 0 Å². The molecular weight excluding hydrogens is 462 g/mol. The SMILES string of the molecule is COc1cccc(Cc2nc3c(c(N4CCOCC4)n2)CN(C(=O)c2cccc([N+](=O)[O-])c2)CC3)c1. The van der Waals surface area contributed by atoms with Crippen molar-refractivity contribution in [2.75, 3.05) is 44.9 Å². The number of nitro groups is 1. The lowest BCUT2D eigenvalue weighted by Crippen LogP contribution is -2.41. The van der Waals surface area contributed by atoms with Crippen LogP contribution in [0.3, 0.4) is 0 Å². The number of ether oxygens (including phenoxy) is 2. The molecule has 0 spiro atoms. The van der Waals surface area contributed by atoms with Crippen molar-refractivity contribution in [1.29, 1.82) is 0 Å². The second-order valence-electron chi connectivity index (χ2n) is 8.80. The minimum absolute atomic E-state index is 0.0993. The molecule has 10 heteroatoms. The third-order valence-corrected chi connectivity index (χ3v) is 6.48. The zero-order valence-electron chi connectivity index (χ0n) is 20.1. The molecule has 1 aromatic heterocycles. The molecule has 10 nitrogen and oxygen atoms in total. The van der Waals surface area contributed by atoms with Crippen LogP contribution >= 0.6 is 0 Å². The van der Waals surface area contributed by atoms with E-state index in [1.165, 1.54) is 18.2 Å². The Kier molecular flexibility index (Phi) is 6.77. The third-order valence-electron chi connectivity index (χ3n) is 6.48. The molecule has 2 aliphatic heterocycles. The van der Waals surface area contributed by atoms with Crippen LogP contribution in [0.15, 0.2) is 48.5 Å². The second kappa shape index (κ2) is 10.3. The Morgan fingerprint density at radius 2 is 1.92 bits per heavy atom. The van der Waals surface area contributed by atoms with Crippen molar-refractivity contribution in [2.45, 2.75) is 19.4 Å². The van der Waals surface area contributed by atoms with Gasteiger partial charge in [0.05, 0.1) is 37.5 Å². The lowest BCUT2D eigenvalue weighted by molar-refractivity contribution is -0.384. The Morgan fingerprint density at radius 3 is 2.69 bits per heavy atom. The standard InChI is InChI=1S/C26H27N5O5/c1-35-21-7-2-4-18(14-21)15-24-27-23-8-9-30(26(32)19-5-3-6-20(16-19)31(33)34)17-22(23)25(28-24)29-10-12-36-13-11-29/h2-7,14,16H,8-13,15,17H2,1H3. The van der Waals surface area contributed by atoms with Crippen molar-refractivity contribution in [3.8, 4) is 5.75 Å². The summed E-state index contributed by atoms with van der Waals surface area (Å²) >= 11 is 0. The monoisotopic (exact) mass is 489 g/mol. The van der Waals surface area contributed by atoms with E-state index in [2.05, 4.69) is 4.90 Å². The maximum Gasteiger partial charge on any atom is 0.270 e. The number of hydrogen-bond acceptors (Lipinski definition) is 8. The van der Waals surface area contributed by atoms with Gasteiger partial charge in [-0.15, -0.1) is 0 Å². The van der Waals surface area contributed by atoms with Crippen molar-refractivity contribution in [1.82, 2.24) is 14.9 Å². The molecule has 1 saturated heterocycles. The summed E-state index contributed by atoms with van der Waals surface area (Å²) in [7, 11) is 1.64. The van der Waals surface area contributed by atoms with Gasteiger partial charge >= 0.3 is 0 Å². The number of fused-ring (bicyclic) bond motifs is 1. The van der Waals surface area contributed by atoms with E-state index < -0.39 is 4.92 Å². The summed E-state index contributed by atoms with van der Waals surface area (Å²) in [5, 5.41) is 11.2. The molecule has 36 heavy (non-hydrogen) atoms. The number of hydrogen-bond donors (Lipinski definition) is 0. The Hall–Kier alpha value is -4.05. The van der Waals surface area contributed by atoms with Crippen molar-refractivity contribution in [3.63, 3.8) is 0 Å². The molecule has 2 aromatic carbocycles. The first-order valence-electron chi connectivity index (χ1n) is 11.9. The van der Waals surface area contributed by atoms with Gasteiger partial charge in [-0.2, -0.15) is 0 Å². The van der Waals surface area contributed by atoms with E-state index in [4.69, 9.17) is 19.4 Å². The highest BCUT2D eigenvalue weighted by Crippen LogP contribution is 2.29. The van der Waals surface area contributed by atoms with E-state index in [-0.39, 0.29) is 11.6 Å². The van der Waals surface area contributed by atoms with E-state index in [9.17, 15) is 14.9 Å². The number of benzene rings is 2. The smallest absolute Gasteiger partial charge is 0.270 e. The summed E-state index contributed by atoms with van der Waals surface area (Å²) < 4.78 is 10.9. The molecule has 0 radical (unpaired) electrons. The first kappa shape index (κ1) is 23.7. The van der Waals surface area contributed by atoms with E-state index in [0.29, 0.717) is 57.8 Å². The number of methoxy groups -OCH3 is 1. The van der Waals surface area contributed by atoms with Crippen LogP contribution in [0.2, 0.25) is 0 Å². The van der Waals surface area contributed by atoms with Gasteiger partial charge in [-0.05, 0) is 23.8 Å². The molecule has 0 N–H and O–H groups in total. The summed E-state index contributed by atoms with van der Waals surface area (Å²) in [5.41, 5.74) is 3.12. The highest BCUT2D eigenvalue weighted by atomic mass is 16.6. The van der Waals surface area contributed by atoms with Crippen LogP contribution in [0.4, 0.5) is 11.5 Å². The second-order valence-corrected chi connectivity index (χ2v) is 8.80. The number of aromatic nitrogens is 2. The first-order valence-corrected chi connectivity index (χ1v) is 11.9. The van der Waals surface area contributed by atoms with Crippen LogP contribution in [0.1, 0.15) is 33.0 Å². The fraction of sp³-hybridized carbons (Fsp3) is 0.346. The number of amides is 1. The van der Waals surface area contributed by atoms with Crippen LogP contribution in [0.25, 0.3) is 0 Å². The van der Waals surface area contributed by atoms with Gasteiger partial charge in [-0.1, -0.05) is 18.2 Å². The number of carbonyl (C=O) groups excluding carboxylic acids is 1. The fourth-order valence-electron chi connectivity index (χ4n) is 4.64. The summed E-state index contributed by atoms with van der Waals surface area (Å²) in [4.78, 5) is 37.7. The predicted molar refractivity (Wildman–Crippen MR) is 132 cm³/mol. The largest absolute Gasteiger partial charge is 0.497 e. The summed E-state index contributed by atoms with van der Waals surface area (Å²) in [6, 6.07) is 13.7. The van der Waals surface area contributed by atoms with Gasteiger partial charge in [-0.25, -0.2) is 9.97 Å². The van der Waals surface area contributed by atoms with Crippen molar-refractivity contribution >= 4 is 17.4 Å². The number of nitrogens with zero attached hydrogens (tertiary/aromatic N) is 5. The van der Waals surface area contributed by atoms with Crippen LogP contribution in [-0.4, -0.2) is 65.7 Å². The highest BCUT2D eigenvalue weighted by Gasteiger charge is 2.29. The molecular formula is C26H27N5O5. The molecule has 0 unspecified atom stereocenters. The van der Waals surface area contributed by atoms with Gasteiger partial charge in [0, 0.05) is 55.7 Å². The lowest BCUT2D eigenvalue weighted by Gasteiger charge is -2.34. The Labute approximate surface area is 208 Å². The Balaban J connectivity index is 1.46. The zero-order valence-corrected chi connectivity index (χ0v) is 20.1. The van der Waals surface area contributed by atoms with Crippen LogP contribution in [0, 0.1) is 10.1 Å². The summed E-state index contributed by atoms with van der Waals surface area (Å²) in [6.07, 6.45) is 1.15. The minimum Gasteiger partial charge on any atom is -0.497 e. The van der Waals surface area contributed by atoms with Gasteiger partial charge in [0.25, 0.3) is 11.6 Å². The molecule has 3 heterocycles. The lowest BCUT2D eigenvalue weighted by atomic mass is 10.0. The van der Waals surface area contributed by atoms with Gasteiger partial charge < -0.3 is 19.3 Å². The van der Waals surface area contributed by atoms with Crippen molar-refractivity contribution in [2.24, 2.45) is 0 Å². The van der Waals surface area contributed by atoms with E-state index >= 15 is 0 Å². The molecule has 3 aromatic rings. The maximum absolute atomic E-state index is 13.3. The number of carbonyl (C=O) groups is 1. The minimum atomic E-state index is -0.490. The van der Waals surface area contributed by atoms with E-state index in [1.54, 1.807) is 18.1 Å². The quantitative estimate of drug-likeness (QED) is 0.384. The van der Waals surface area contributed by atoms with Crippen molar-refractivity contribution in [3.05, 3.63) is 86.9 Å². The Morgan fingerprint density at radius 1 is 1.11 bits per heavy atom. The molecule has 5 rings (SSSR count). The average Bonchev–Trinajstić information content (AvgIpc) is 2.92. The van der Waals surface area contributed by atoms with Crippen LogP contribution in [0.5, 0.6) is 5.75 Å². The van der Waals surface area contributed by atoms with Crippen molar-refractivity contribution < 1.29 is 19.2 Å². The number of morpholine rings is 1. The number of non-ortho nitro benzene ring substituents is 1. The summed E-state index contributed by atoms with van der Waals surface area (Å²) in [6.45, 7) is 3.47. The molecule has 2 aliphatic rings. The average molecular weight is 490 g/mol. The number of nitro benzene ring substituents is 1. The molecule has 0 saturated carbocycles. The number of anilines is 1. The van der Waals surface area contributed by atoms with Crippen LogP contribution < -0.4 is 9.64 Å². The fourth-order valence-corrected chi connectivity index (χ4v) is 4.64. The topological polar surface area (TPSA) is 111 Å². The number of rotatable bonds is 6. The third kappa shape index (κ3) is 4.99. The normalized spacial score (nSPS) is 15.4. The van der Waals surface area contributed by atoms with Gasteiger partial charge in [-0.3, -0.25) is 14.9 Å². The van der Waals surface area contributed by atoms with E-state index in [1.807, 2.05) is 24.3 Å².